The minimum absolute atomic E-state index is 0.326. The van der Waals surface area contributed by atoms with Crippen molar-refractivity contribution in [2.45, 2.75) is 19.9 Å². The van der Waals surface area contributed by atoms with Gasteiger partial charge in [0.2, 0.25) is 5.91 Å². The first-order chi connectivity index (χ1) is 12.0. The average molecular weight is 334 g/mol. The average Bonchev–Trinajstić information content (AvgIpc) is 2.63. The molecule has 1 heterocycles. The maximum absolute atomic E-state index is 12.4. The minimum Gasteiger partial charge on any atom is -0.324 e. The van der Waals surface area contributed by atoms with E-state index in [4.69, 9.17) is 0 Å². The lowest BCUT2D eigenvalue weighted by molar-refractivity contribution is -0.119. The maximum atomic E-state index is 12.4. The summed E-state index contributed by atoms with van der Waals surface area (Å²) in [7, 11) is 0. The zero-order chi connectivity index (χ0) is 17.8. The highest BCUT2D eigenvalue weighted by Crippen LogP contribution is 2.14. The van der Waals surface area contributed by atoms with E-state index in [0.717, 1.165) is 15.8 Å². The van der Waals surface area contributed by atoms with Gasteiger partial charge in [0.25, 0.3) is 0 Å². The van der Waals surface area contributed by atoms with Crippen LogP contribution in [0.25, 0.3) is 11.3 Å². The quantitative estimate of drug-likeness (QED) is 0.796. The van der Waals surface area contributed by atoms with Gasteiger partial charge in [-0.2, -0.15) is 10.1 Å². The van der Waals surface area contributed by atoms with Crippen molar-refractivity contribution in [1.29, 1.82) is 0 Å². The highest BCUT2D eigenvalue weighted by molar-refractivity contribution is 5.93. The van der Waals surface area contributed by atoms with Crippen molar-refractivity contribution in [3.63, 3.8) is 0 Å². The maximum Gasteiger partial charge on any atom is 0.365 e. The number of carbonyl (C=O) groups excluding carboxylic acids is 1. The Kier molecular flexibility index (Phi) is 4.70. The molecule has 0 spiro atoms. The van der Waals surface area contributed by atoms with E-state index in [9.17, 15) is 9.59 Å². The Hall–Kier alpha value is -3.28. The van der Waals surface area contributed by atoms with Gasteiger partial charge in [-0.25, -0.2) is 9.48 Å². The van der Waals surface area contributed by atoms with Crippen LogP contribution in [0.2, 0.25) is 0 Å². The van der Waals surface area contributed by atoms with Gasteiger partial charge in [0.05, 0.1) is 11.9 Å². The Labute approximate surface area is 145 Å². The lowest BCUT2D eigenvalue weighted by Crippen LogP contribution is -2.34. The molecule has 0 bridgehead atoms. The molecular formula is C19H18N4O2. The normalized spacial score (nSPS) is 11.8. The summed E-state index contributed by atoms with van der Waals surface area (Å²) in [5.41, 5.74) is 2.49. The highest BCUT2D eigenvalue weighted by atomic mass is 16.2. The van der Waals surface area contributed by atoms with Crippen LogP contribution in [0.5, 0.6) is 0 Å². The van der Waals surface area contributed by atoms with E-state index in [1.807, 2.05) is 61.5 Å². The second-order valence-corrected chi connectivity index (χ2v) is 5.77. The molecule has 0 saturated heterocycles. The van der Waals surface area contributed by atoms with Gasteiger partial charge in [0.15, 0.2) is 0 Å². The zero-order valence-electron chi connectivity index (χ0n) is 14.0. The predicted molar refractivity (Wildman–Crippen MR) is 96.2 cm³/mol. The van der Waals surface area contributed by atoms with E-state index < -0.39 is 11.7 Å². The van der Waals surface area contributed by atoms with Crippen LogP contribution in [0.3, 0.4) is 0 Å². The molecule has 1 unspecified atom stereocenters. The second-order valence-electron chi connectivity index (χ2n) is 5.77. The van der Waals surface area contributed by atoms with Crippen LogP contribution < -0.4 is 11.0 Å². The van der Waals surface area contributed by atoms with E-state index in [1.165, 1.54) is 6.20 Å². The topological polar surface area (TPSA) is 76.9 Å². The third kappa shape index (κ3) is 3.80. The molecule has 3 rings (SSSR count). The number of aromatic nitrogens is 3. The van der Waals surface area contributed by atoms with Crippen LogP contribution in [0, 0.1) is 6.92 Å². The zero-order valence-corrected chi connectivity index (χ0v) is 14.0. The van der Waals surface area contributed by atoms with Crippen molar-refractivity contribution in [2.75, 3.05) is 5.32 Å². The number of hydrogen-bond donors (Lipinski definition) is 1. The molecule has 0 saturated carbocycles. The van der Waals surface area contributed by atoms with Crippen molar-refractivity contribution in [2.24, 2.45) is 0 Å². The van der Waals surface area contributed by atoms with Gasteiger partial charge in [-0.15, -0.1) is 0 Å². The molecular weight excluding hydrogens is 316 g/mol. The fraction of sp³-hybridized carbons (Fsp3) is 0.158. The third-order valence-corrected chi connectivity index (χ3v) is 3.85. The first-order valence-electron chi connectivity index (χ1n) is 7.93. The minimum atomic E-state index is -0.772. The van der Waals surface area contributed by atoms with E-state index in [1.54, 1.807) is 6.92 Å². The molecule has 3 aromatic rings. The summed E-state index contributed by atoms with van der Waals surface area (Å²) >= 11 is 0. The molecule has 1 amide bonds. The van der Waals surface area contributed by atoms with Crippen LogP contribution in [0.1, 0.15) is 18.5 Å². The van der Waals surface area contributed by atoms with Crippen molar-refractivity contribution in [3.8, 4) is 11.3 Å². The summed E-state index contributed by atoms with van der Waals surface area (Å²) in [4.78, 5) is 28.7. The van der Waals surface area contributed by atoms with Crippen LogP contribution in [0.15, 0.2) is 65.6 Å². The number of anilines is 1. The number of benzene rings is 2. The SMILES string of the molecule is Cc1ccc(NC(=O)C(C)n2ncc(-c3ccccc3)nc2=O)cc1. The molecule has 0 radical (unpaired) electrons. The molecule has 0 aliphatic carbocycles. The molecule has 1 N–H and O–H groups in total. The Morgan fingerprint density at radius 1 is 1.08 bits per heavy atom. The Balaban J connectivity index is 1.80. The van der Waals surface area contributed by atoms with Gasteiger partial charge in [-0.1, -0.05) is 48.0 Å². The highest BCUT2D eigenvalue weighted by Gasteiger charge is 2.18. The summed E-state index contributed by atoms with van der Waals surface area (Å²) < 4.78 is 1.08. The predicted octanol–water partition coefficient (Wildman–Crippen LogP) is 2.81. The Morgan fingerprint density at radius 3 is 2.40 bits per heavy atom. The number of hydrogen-bond acceptors (Lipinski definition) is 4. The molecule has 0 fully saturated rings. The second kappa shape index (κ2) is 7.09. The number of nitrogens with one attached hydrogen (secondary N) is 1. The van der Waals surface area contributed by atoms with Gasteiger partial charge in [0.1, 0.15) is 6.04 Å². The summed E-state index contributed by atoms with van der Waals surface area (Å²) in [6, 6.07) is 16.0. The van der Waals surface area contributed by atoms with Crippen LogP contribution in [-0.4, -0.2) is 20.7 Å². The Bertz CT molecular complexity index is 934. The molecule has 1 atom stereocenters. The van der Waals surface area contributed by atoms with Gasteiger partial charge in [0, 0.05) is 11.3 Å². The van der Waals surface area contributed by atoms with Crippen LogP contribution >= 0.6 is 0 Å². The van der Waals surface area contributed by atoms with Gasteiger partial charge >= 0.3 is 5.69 Å². The van der Waals surface area contributed by atoms with Gasteiger partial charge in [-0.05, 0) is 26.0 Å². The molecule has 6 nitrogen and oxygen atoms in total. The molecule has 126 valence electrons. The van der Waals surface area contributed by atoms with Crippen LogP contribution in [-0.2, 0) is 4.79 Å². The smallest absolute Gasteiger partial charge is 0.324 e. The molecule has 6 heteroatoms. The first kappa shape index (κ1) is 16.6. The van der Waals surface area contributed by atoms with E-state index in [0.29, 0.717) is 11.4 Å². The summed E-state index contributed by atoms with van der Waals surface area (Å²) in [5, 5.41) is 6.89. The van der Waals surface area contributed by atoms with E-state index in [-0.39, 0.29) is 5.91 Å². The number of amides is 1. The first-order valence-corrected chi connectivity index (χ1v) is 7.93. The van der Waals surface area contributed by atoms with Crippen molar-refractivity contribution < 1.29 is 4.79 Å². The number of carbonyl (C=O) groups is 1. The lowest BCUT2D eigenvalue weighted by atomic mass is 10.2. The van der Waals surface area contributed by atoms with Gasteiger partial charge in [-0.3, -0.25) is 4.79 Å². The summed E-state index contributed by atoms with van der Waals surface area (Å²) in [6.07, 6.45) is 1.49. The molecule has 0 aliphatic heterocycles. The largest absolute Gasteiger partial charge is 0.365 e. The number of rotatable bonds is 4. The standard InChI is InChI=1S/C19H18N4O2/c1-13-8-10-16(11-9-13)21-18(24)14(2)23-19(25)22-17(12-20-23)15-6-4-3-5-7-15/h3-12,14H,1-2H3,(H,21,24). The van der Waals surface area contributed by atoms with Crippen LogP contribution in [0.4, 0.5) is 5.69 Å². The van der Waals surface area contributed by atoms with E-state index >= 15 is 0 Å². The van der Waals surface area contributed by atoms with Crippen molar-refractivity contribution in [1.82, 2.24) is 14.8 Å². The summed E-state index contributed by atoms with van der Waals surface area (Å²) in [6.45, 7) is 3.58. The fourth-order valence-corrected chi connectivity index (χ4v) is 2.36. The fourth-order valence-electron chi connectivity index (χ4n) is 2.36. The Morgan fingerprint density at radius 2 is 1.76 bits per heavy atom. The lowest BCUT2D eigenvalue weighted by Gasteiger charge is -2.14. The van der Waals surface area contributed by atoms with Gasteiger partial charge < -0.3 is 5.32 Å². The van der Waals surface area contributed by atoms with E-state index in [2.05, 4.69) is 15.4 Å². The molecule has 0 aliphatic rings. The van der Waals surface area contributed by atoms with Crippen molar-refractivity contribution >= 4 is 11.6 Å². The molecule has 2 aromatic carbocycles. The third-order valence-electron chi connectivity index (χ3n) is 3.85. The number of aryl methyl sites for hydroxylation is 1. The van der Waals surface area contributed by atoms with Crippen molar-refractivity contribution in [3.05, 3.63) is 76.8 Å². The number of nitrogens with zero attached hydrogens (tertiary/aromatic N) is 3. The monoisotopic (exact) mass is 334 g/mol. The summed E-state index contributed by atoms with van der Waals surface area (Å²) in [5.74, 6) is -0.326. The molecule has 1 aromatic heterocycles. The molecule has 25 heavy (non-hydrogen) atoms.